The van der Waals surface area contributed by atoms with Gasteiger partial charge in [0.1, 0.15) is 6.54 Å². The van der Waals surface area contributed by atoms with E-state index in [-0.39, 0.29) is 18.0 Å². The van der Waals surface area contributed by atoms with Crippen LogP contribution >= 0.6 is 0 Å². The molecule has 0 atom stereocenters. The number of hydrogen-bond acceptors (Lipinski definition) is 3. The van der Waals surface area contributed by atoms with Gasteiger partial charge in [0.05, 0.1) is 5.69 Å². The monoisotopic (exact) mass is 383 g/mol. The van der Waals surface area contributed by atoms with Crippen molar-refractivity contribution in [3.63, 3.8) is 0 Å². The van der Waals surface area contributed by atoms with Gasteiger partial charge in [0.2, 0.25) is 5.91 Å². The number of rotatable bonds is 5. The molecule has 0 aliphatic carbocycles. The lowest BCUT2D eigenvalue weighted by atomic mass is 10.0. The third-order valence-electron chi connectivity index (χ3n) is 4.87. The first-order chi connectivity index (χ1) is 14.1. The van der Waals surface area contributed by atoms with Crippen LogP contribution in [0.25, 0.3) is 22.0 Å². The van der Waals surface area contributed by atoms with Crippen LogP contribution in [0.1, 0.15) is 12.5 Å². The summed E-state index contributed by atoms with van der Waals surface area (Å²) in [6.07, 6.45) is 0.939. The Hall–Kier alpha value is -3.73. The molecule has 1 N–H and O–H groups in total. The molecule has 144 valence electrons. The van der Waals surface area contributed by atoms with E-state index in [1.54, 1.807) is 6.07 Å². The highest BCUT2D eigenvalue weighted by Crippen LogP contribution is 2.26. The summed E-state index contributed by atoms with van der Waals surface area (Å²) in [4.78, 5) is 24.7. The van der Waals surface area contributed by atoms with Gasteiger partial charge in [0, 0.05) is 17.3 Å². The number of nitrogens with one attached hydrogen (secondary N) is 1. The molecule has 29 heavy (non-hydrogen) atoms. The molecule has 1 heterocycles. The van der Waals surface area contributed by atoms with Crippen LogP contribution in [0.4, 0.5) is 5.69 Å². The van der Waals surface area contributed by atoms with Gasteiger partial charge >= 0.3 is 0 Å². The number of hydrogen-bond donors (Lipinski definition) is 1. The molecule has 3 aromatic carbocycles. The molecule has 1 aromatic heterocycles. The molecule has 5 nitrogen and oxygen atoms in total. The lowest BCUT2D eigenvalue weighted by molar-refractivity contribution is -0.117. The predicted octanol–water partition coefficient (Wildman–Crippen LogP) is 4.26. The Morgan fingerprint density at radius 2 is 1.69 bits per heavy atom. The van der Waals surface area contributed by atoms with Crippen LogP contribution in [0.2, 0.25) is 0 Å². The molecule has 0 aliphatic heterocycles. The fraction of sp³-hybridized carbons (Fsp3) is 0.125. The Bertz CT molecular complexity index is 1220. The summed E-state index contributed by atoms with van der Waals surface area (Å²) in [6, 6.07) is 24.8. The van der Waals surface area contributed by atoms with Gasteiger partial charge in [-0.25, -0.2) is 4.68 Å². The molecule has 0 saturated heterocycles. The van der Waals surface area contributed by atoms with Gasteiger partial charge in [-0.2, -0.15) is 5.10 Å². The molecule has 0 fully saturated rings. The summed E-state index contributed by atoms with van der Waals surface area (Å²) in [5.41, 5.74) is 3.16. The van der Waals surface area contributed by atoms with Crippen molar-refractivity contribution in [2.75, 3.05) is 5.32 Å². The summed E-state index contributed by atoms with van der Waals surface area (Å²) in [7, 11) is 0. The van der Waals surface area contributed by atoms with Gasteiger partial charge in [-0.1, -0.05) is 61.5 Å². The second-order valence-corrected chi connectivity index (χ2v) is 6.84. The van der Waals surface area contributed by atoms with Crippen molar-refractivity contribution >= 4 is 22.4 Å². The van der Waals surface area contributed by atoms with Gasteiger partial charge in [0.25, 0.3) is 5.56 Å². The first-order valence-corrected chi connectivity index (χ1v) is 9.59. The number of carbonyl (C=O) groups is 1. The minimum atomic E-state index is -0.314. The fourth-order valence-corrected chi connectivity index (χ4v) is 3.31. The van der Waals surface area contributed by atoms with Crippen LogP contribution in [-0.4, -0.2) is 15.7 Å². The van der Waals surface area contributed by atoms with Crippen molar-refractivity contribution in [2.45, 2.75) is 19.9 Å². The second kappa shape index (κ2) is 8.10. The van der Waals surface area contributed by atoms with Gasteiger partial charge in [-0.05, 0) is 41.0 Å². The highest BCUT2D eigenvalue weighted by molar-refractivity contribution is 5.95. The van der Waals surface area contributed by atoms with E-state index in [4.69, 9.17) is 0 Å². The summed E-state index contributed by atoms with van der Waals surface area (Å²) in [5, 5.41) is 9.41. The van der Waals surface area contributed by atoms with E-state index in [0.717, 1.165) is 22.8 Å². The topological polar surface area (TPSA) is 64.0 Å². The molecule has 4 aromatic rings. The summed E-state index contributed by atoms with van der Waals surface area (Å²) in [6.45, 7) is 1.93. The van der Waals surface area contributed by atoms with E-state index in [9.17, 15) is 9.59 Å². The number of fused-ring (bicyclic) bond motifs is 1. The summed E-state index contributed by atoms with van der Waals surface area (Å²) < 4.78 is 1.20. The number of aromatic nitrogens is 2. The van der Waals surface area contributed by atoms with E-state index in [2.05, 4.69) is 17.3 Å². The Morgan fingerprint density at radius 3 is 2.48 bits per heavy atom. The Labute approximate surface area is 168 Å². The maximum absolute atomic E-state index is 12.4. The quantitative estimate of drug-likeness (QED) is 0.560. The van der Waals surface area contributed by atoms with Gasteiger partial charge in [-0.3, -0.25) is 9.59 Å². The molecular formula is C24H21N3O2. The zero-order valence-electron chi connectivity index (χ0n) is 16.1. The lowest BCUT2D eigenvalue weighted by Crippen LogP contribution is -2.29. The van der Waals surface area contributed by atoms with Gasteiger partial charge in [0.15, 0.2) is 0 Å². The highest BCUT2D eigenvalue weighted by atomic mass is 16.2. The van der Waals surface area contributed by atoms with Crippen LogP contribution in [0.5, 0.6) is 0 Å². The molecule has 4 rings (SSSR count). The molecule has 0 radical (unpaired) electrons. The second-order valence-electron chi connectivity index (χ2n) is 6.84. The largest absolute Gasteiger partial charge is 0.324 e. The van der Waals surface area contributed by atoms with Gasteiger partial charge in [-0.15, -0.1) is 0 Å². The van der Waals surface area contributed by atoms with E-state index in [1.807, 2.05) is 66.7 Å². The first kappa shape index (κ1) is 18.6. The molecule has 0 saturated carbocycles. The molecular weight excluding hydrogens is 362 g/mol. The summed E-state index contributed by atoms with van der Waals surface area (Å²) in [5.74, 6) is -0.293. The number of anilines is 1. The Morgan fingerprint density at radius 1 is 0.931 bits per heavy atom. The number of nitrogens with zero attached hydrogens (tertiary/aromatic N) is 2. The van der Waals surface area contributed by atoms with Crippen molar-refractivity contribution in [2.24, 2.45) is 0 Å². The number of benzene rings is 3. The number of carbonyl (C=O) groups excluding carboxylic acids is 1. The first-order valence-electron chi connectivity index (χ1n) is 9.59. The standard InChI is InChI=1S/C24H21N3O2/c1-2-17-10-12-19(13-11-17)25-23(28)16-27-24(29)15-14-22(26-27)21-9-5-7-18-6-3-4-8-20(18)21/h3-15H,2,16H2,1H3,(H,25,28). The van der Waals surface area contributed by atoms with Crippen molar-refractivity contribution < 1.29 is 4.79 Å². The minimum Gasteiger partial charge on any atom is -0.324 e. The SMILES string of the molecule is CCc1ccc(NC(=O)Cn2nc(-c3cccc4ccccc34)ccc2=O)cc1. The Kier molecular flexibility index (Phi) is 5.20. The van der Waals surface area contributed by atoms with Crippen LogP contribution in [0, 0.1) is 0 Å². The average molecular weight is 383 g/mol. The molecule has 5 heteroatoms. The molecule has 0 bridgehead atoms. The predicted molar refractivity (Wildman–Crippen MR) is 116 cm³/mol. The maximum Gasteiger partial charge on any atom is 0.267 e. The average Bonchev–Trinajstić information content (AvgIpc) is 2.75. The van der Waals surface area contributed by atoms with Crippen LogP contribution in [-0.2, 0) is 17.8 Å². The minimum absolute atomic E-state index is 0.146. The van der Waals surface area contributed by atoms with Crippen molar-refractivity contribution in [3.05, 3.63) is 94.8 Å². The van der Waals surface area contributed by atoms with Crippen LogP contribution in [0.15, 0.2) is 83.7 Å². The fourth-order valence-electron chi connectivity index (χ4n) is 3.31. The highest BCUT2D eigenvalue weighted by Gasteiger charge is 2.10. The normalized spacial score (nSPS) is 10.8. The molecule has 0 aliphatic rings. The molecule has 1 amide bonds. The van der Waals surface area contributed by atoms with Crippen molar-refractivity contribution in [3.8, 4) is 11.3 Å². The zero-order chi connectivity index (χ0) is 20.2. The van der Waals surface area contributed by atoms with E-state index >= 15 is 0 Å². The van der Waals surface area contributed by atoms with Crippen LogP contribution < -0.4 is 10.9 Å². The van der Waals surface area contributed by atoms with E-state index in [1.165, 1.54) is 16.3 Å². The van der Waals surface area contributed by atoms with Gasteiger partial charge < -0.3 is 5.32 Å². The third kappa shape index (κ3) is 4.09. The number of amides is 1. The zero-order valence-corrected chi connectivity index (χ0v) is 16.1. The molecule has 0 unspecified atom stereocenters. The third-order valence-corrected chi connectivity index (χ3v) is 4.87. The smallest absolute Gasteiger partial charge is 0.267 e. The van der Waals surface area contributed by atoms with Crippen LogP contribution in [0.3, 0.4) is 0 Å². The Balaban J connectivity index is 1.60. The van der Waals surface area contributed by atoms with E-state index in [0.29, 0.717) is 11.4 Å². The summed E-state index contributed by atoms with van der Waals surface area (Å²) >= 11 is 0. The number of aryl methyl sites for hydroxylation is 1. The lowest BCUT2D eigenvalue weighted by Gasteiger charge is -2.10. The molecule has 0 spiro atoms. The van der Waals surface area contributed by atoms with E-state index < -0.39 is 0 Å². The maximum atomic E-state index is 12.4. The van der Waals surface area contributed by atoms with Crippen molar-refractivity contribution in [1.82, 2.24) is 9.78 Å². The van der Waals surface area contributed by atoms with Crippen molar-refractivity contribution in [1.29, 1.82) is 0 Å².